The van der Waals surface area contributed by atoms with Crippen molar-refractivity contribution < 1.29 is 9.32 Å². The molecule has 0 atom stereocenters. The number of hydrogen-bond donors (Lipinski definition) is 1. The van der Waals surface area contributed by atoms with Crippen LogP contribution in [-0.4, -0.2) is 27.4 Å². The van der Waals surface area contributed by atoms with Gasteiger partial charge in [0.1, 0.15) is 5.76 Å². The fourth-order valence-electron chi connectivity index (χ4n) is 2.29. The van der Waals surface area contributed by atoms with Crippen molar-refractivity contribution >= 4 is 16.8 Å². The molecular weight excluding hydrogens is 284 g/mol. The summed E-state index contributed by atoms with van der Waals surface area (Å²) in [6.07, 6.45) is 1.15. The fraction of sp³-hybridized carbons (Fsp3) is 0.600. The van der Waals surface area contributed by atoms with Gasteiger partial charge in [-0.25, -0.2) is 4.68 Å². The SMILES string of the molecule is Cc1nn(CCC(=O)NCCC(C)C)c(=O)c2noc(C)c12. The number of carbonyl (C=O) groups is 1. The molecule has 7 heteroatoms. The molecule has 0 aromatic carbocycles. The van der Waals surface area contributed by atoms with E-state index in [2.05, 4.69) is 29.4 Å². The molecule has 0 saturated heterocycles. The lowest BCUT2D eigenvalue weighted by Crippen LogP contribution is -2.30. The second kappa shape index (κ2) is 6.72. The van der Waals surface area contributed by atoms with Gasteiger partial charge in [-0.05, 0) is 26.2 Å². The second-order valence-electron chi connectivity index (χ2n) is 5.86. The Bertz CT molecular complexity index is 730. The Morgan fingerprint density at radius 1 is 1.36 bits per heavy atom. The number of fused-ring (bicyclic) bond motifs is 1. The molecule has 0 aliphatic rings. The highest BCUT2D eigenvalue weighted by atomic mass is 16.5. The monoisotopic (exact) mass is 306 g/mol. The lowest BCUT2D eigenvalue weighted by Gasteiger charge is -2.08. The number of nitrogens with one attached hydrogen (secondary N) is 1. The van der Waals surface area contributed by atoms with Gasteiger partial charge >= 0.3 is 0 Å². The van der Waals surface area contributed by atoms with Crippen LogP contribution in [0.25, 0.3) is 10.9 Å². The van der Waals surface area contributed by atoms with Crippen molar-refractivity contribution in [1.29, 1.82) is 0 Å². The molecule has 0 saturated carbocycles. The minimum Gasteiger partial charge on any atom is -0.360 e. The maximum absolute atomic E-state index is 12.3. The molecule has 7 nitrogen and oxygen atoms in total. The maximum atomic E-state index is 12.3. The van der Waals surface area contributed by atoms with E-state index in [1.54, 1.807) is 13.8 Å². The first-order valence-electron chi connectivity index (χ1n) is 7.50. The van der Waals surface area contributed by atoms with E-state index in [0.717, 1.165) is 6.42 Å². The van der Waals surface area contributed by atoms with Crippen molar-refractivity contribution in [2.75, 3.05) is 6.54 Å². The Hall–Kier alpha value is -2.18. The molecular formula is C15H22N4O3. The van der Waals surface area contributed by atoms with Crippen LogP contribution in [0.1, 0.15) is 38.1 Å². The summed E-state index contributed by atoms with van der Waals surface area (Å²) in [5.74, 6) is 1.05. The summed E-state index contributed by atoms with van der Waals surface area (Å²) in [6.45, 7) is 8.64. The van der Waals surface area contributed by atoms with E-state index < -0.39 is 0 Å². The number of rotatable bonds is 6. The smallest absolute Gasteiger partial charge is 0.296 e. The van der Waals surface area contributed by atoms with E-state index in [1.807, 2.05) is 0 Å². The number of carbonyl (C=O) groups excluding carboxylic acids is 1. The molecule has 2 heterocycles. The molecule has 0 bridgehead atoms. The fourth-order valence-corrected chi connectivity index (χ4v) is 2.29. The first-order valence-corrected chi connectivity index (χ1v) is 7.50. The van der Waals surface area contributed by atoms with Gasteiger partial charge in [0.15, 0.2) is 5.52 Å². The first-order chi connectivity index (χ1) is 10.4. The third kappa shape index (κ3) is 3.52. The van der Waals surface area contributed by atoms with Gasteiger partial charge in [-0.1, -0.05) is 19.0 Å². The number of aryl methyl sites for hydroxylation is 3. The van der Waals surface area contributed by atoms with Crippen LogP contribution in [0.4, 0.5) is 0 Å². The van der Waals surface area contributed by atoms with Gasteiger partial charge in [-0.3, -0.25) is 9.59 Å². The minimum absolute atomic E-state index is 0.0802. The van der Waals surface area contributed by atoms with Crippen LogP contribution in [0.3, 0.4) is 0 Å². The summed E-state index contributed by atoms with van der Waals surface area (Å²) in [7, 11) is 0. The van der Waals surface area contributed by atoms with E-state index >= 15 is 0 Å². The molecule has 2 aromatic rings. The highest BCUT2D eigenvalue weighted by Gasteiger charge is 2.15. The van der Waals surface area contributed by atoms with Crippen LogP contribution in [-0.2, 0) is 11.3 Å². The van der Waals surface area contributed by atoms with E-state index in [0.29, 0.717) is 29.3 Å². The van der Waals surface area contributed by atoms with Crippen molar-refractivity contribution in [3.05, 3.63) is 21.8 Å². The van der Waals surface area contributed by atoms with Crippen LogP contribution in [0.15, 0.2) is 9.32 Å². The highest BCUT2D eigenvalue weighted by Crippen LogP contribution is 2.16. The van der Waals surface area contributed by atoms with Crippen LogP contribution < -0.4 is 10.9 Å². The third-order valence-corrected chi connectivity index (χ3v) is 3.53. The van der Waals surface area contributed by atoms with E-state index in [-0.39, 0.29) is 29.9 Å². The molecule has 2 aromatic heterocycles. The molecule has 0 aliphatic carbocycles. The summed E-state index contributed by atoms with van der Waals surface area (Å²) in [4.78, 5) is 24.0. The van der Waals surface area contributed by atoms with Crippen molar-refractivity contribution in [1.82, 2.24) is 20.3 Å². The van der Waals surface area contributed by atoms with Crippen molar-refractivity contribution in [3.63, 3.8) is 0 Å². The summed E-state index contributed by atoms with van der Waals surface area (Å²) >= 11 is 0. The average Bonchev–Trinajstić information content (AvgIpc) is 2.83. The van der Waals surface area contributed by atoms with Crippen molar-refractivity contribution in [2.24, 2.45) is 5.92 Å². The first kappa shape index (κ1) is 16.2. The number of nitrogens with zero attached hydrogens (tertiary/aromatic N) is 3. The predicted octanol–water partition coefficient (Wildman–Crippen LogP) is 1.55. The van der Waals surface area contributed by atoms with Gasteiger partial charge in [0.2, 0.25) is 5.91 Å². The summed E-state index contributed by atoms with van der Waals surface area (Å²) in [5, 5.41) is 11.5. The van der Waals surface area contributed by atoms with Gasteiger partial charge < -0.3 is 9.84 Å². The molecule has 0 spiro atoms. The van der Waals surface area contributed by atoms with Gasteiger partial charge in [-0.15, -0.1) is 0 Å². The lowest BCUT2D eigenvalue weighted by molar-refractivity contribution is -0.121. The minimum atomic E-state index is -0.326. The largest absolute Gasteiger partial charge is 0.360 e. The Morgan fingerprint density at radius 3 is 2.77 bits per heavy atom. The van der Waals surface area contributed by atoms with Gasteiger partial charge in [0, 0.05) is 13.0 Å². The maximum Gasteiger partial charge on any atom is 0.296 e. The second-order valence-corrected chi connectivity index (χ2v) is 5.86. The normalized spacial score (nSPS) is 11.3. The molecule has 0 radical (unpaired) electrons. The van der Waals surface area contributed by atoms with Crippen LogP contribution in [0.2, 0.25) is 0 Å². The highest BCUT2D eigenvalue weighted by molar-refractivity contribution is 5.81. The Labute approximate surface area is 128 Å². The van der Waals surface area contributed by atoms with E-state index in [9.17, 15) is 9.59 Å². The molecule has 2 rings (SSSR count). The molecule has 22 heavy (non-hydrogen) atoms. The topological polar surface area (TPSA) is 90.0 Å². The molecule has 120 valence electrons. The van der Waals surface area contributed by atoms with Crippen LogP contribution >= 0.6 is 0 Å². The Balaban J connectivity index is 2.05. The zero-order valence-corrected chi connectivity index (χ0v) is 13.5. The lowest BCUT2D eigenvalue weighted by atomic mass is 10.1. The Kier molecular flexibility index (Phi) is 4.95. The number of hydrogen-bond acceptors (Lipinski definition) is 5. The van der Waals surface area contributed by atoms with Crippen molar-refractivity contribution in [2.45, 2.75) is 47.1 Å². The van der Waals surface area contributed by atoms with Gasteiger partial charge in [-0.2, -0.15) is 5.10 Å². The zero-order valence-electron chi connectivity index (χ0n) is 13.5. The molecule has 0 fully saturated rings. The van der Waals surface area contributed by atoms with E-state index in [1.165, 1.54) is 4.68 Å². The summed E-state index contributed by atoms with van der Waals surface area (Å²) < 4.78 is 6.33. The van der Waals surface area contributed by atoms with Crippen molar-refractivity contribution in [3.8, 4) is 0 Å². The molecule has 0 aliphatic heterocycles. The van der Waals surface area contributed by atoms with Crippen LogP contribution in [0.5, 0.6) is 0 Å². The quantitative estimate of drug-likeness (QED) is 0.874. The summed E-state index contributed by atoms with van der Waals surface area (Å²) in [5.41, 5.74) is 0.617. The van der Waals surface area contributed by atoms with Gasteiger partial charge in [0.05, 0.1) is 17.6 Å². The number of aromatic nitrogens is 3. The van der Waals surface area contributed by atoms with E-state index in [4.69, 9.17) is 4.52 Å². The molecule has 1 amide bonds. The molecule has 1 N–H and O–H groups in total. The third-order valence-electron chi connectivity index (χ3n) is 3.53. The molecule has 0 unspecified atom stereocenters. The average molecular weight is 306 g/mol. The zero-order chi connectivity index (χ0) is 16.3. The number of amides is 1. The van der Waals surface area contributed by atoms with Crippen LogP contribution in [0, 0.1) is 19.8 Å². The van der Waals surface area contributed by atoms with Gasteiger partial charge in [0.25, 0.3) is 5.56 Å². The standard InChI is InChI=1S/C15H22N4O3/c1-9(2)5-7-16-12(20)6-8-19-15(21)14-13(10(3)17-19)11(4)22-18-14/h9H,5-8H2,1-4H3,(H,16,20). The predicted molar refractivity (Wildman–Crippen MR) is 82.6 cm³/mol. The summed E-state index contributed by atoms with van der Waals surface area (Å²) in [6, 6.07) is 0. The Morgan fingerprint density at radius 2 is 2.09 bits per heavy atom.